The van der Waals surface area contributed by atoms with Gasteiger partial charge in [0.2, 0.25) is 5.88 Å². The topological polar surface area (TPSA) is 67.0 Å². The van der Waals surface area contributed by atoms with E-state index in [1.54, 1.807) is 6.20 Å². The van der Waals surface area contributed by atoms with Crippen LogP contribution in [-0.4, -0.2) is 58.0 Å². The number of ether oxygens (including phenoxy) is 1. The number of guanidine groups is 1. The lowest BCUT2D eigenvalue weighted by molar-refractivity contribution is 0.205. The SMILES string of the molecule is CN=C(NCCc1cn2ccccc2n1)N1CCC(Oc2ccccn2)C1.I. The lowest BCUT2D eigenvalue weighted by Gasteiger charge is -2.21. The highest BCUT2D eigenvalue weighted by molar-refractivity contribution is 14.0. The highest BCUT2D eigenvalue weighted by Gasteiger charge is 2.26. The van der Waals surface area contributed by atoms with Crippen molar-refractivity contribution in [2.45, 2.75) is 18.9 Å². The Morgan fingerprint density at radius 2 is 2.18 bits per heavy atom. The summed E-state index contributed by atoms with van der Waals surface area (Å²) in [5.41, 5.74) is 2.05. The molecule has 0 radical (unpaired) electrons. The van der Waals surface area contributed by atoms with Crippen LogP contribution in [0.25, 0.3) is 5.65 Å². The Hall–Kier alpha value is -2.36. The fraction of sp³-hybridized carbons (Fsp3) is 0.350. The van der Waals surface area contributed by atoms with Gasteiger partial charge >= 0.3 is 0 Å². The molecule has 0 amide bonds. The van der Waals surface area contributed by atoms with E-state index < -0.39 is 0 Å². The third-order valence-corrected chi connectivity index (χ3v) is 4.66. The molecule has 0 aromatic carbocycles. The number of rotatable bonds is 5. The number of pyridine rings is 2. The standard InChI is InChI=1S/C20H24N6O.HI/c1-21-20(23-11-8-16-14-25-12-5-3-6-18(25)24-16)26-13-9-17(15-26)27-19-7-2-4-10-22-19;/h2-7,10,12,14,17H,8-9,11,13,15H2,1H3,(H,21,23);1H. The van der Waals surface area contributed by atoms with Crippen LogP contribution in [-0.2, 0) is 6.42 Å². The van der Waals surface area contributed by atoms with E-state index in [2.05, 4.69) is 31.4 Å². The van der Waals surface area contributed by atoms with Gasteiger partial charge < -0.3 is 19.4 Å². The average Bonchev–Trinajstić information content (AvgIpc) is 3.32. The van der Waals surface area contributed by atoms with Gasteiger partial charge in [-0.05, 0) is 18.2 Å². The number of halogens is 1. The third kappa shape index (κ3) is 4.92. The molecule has 0 bridgehead atoms. The number of nitrogens with zero attached hydrogens (tertiary/aromatic N) is 5. The molecule has 1 atom stereocenters. The first kappa shape index (κ1) is 20.4. The smallest absolute Gasteiger partial charge is 0.213 e. The van der Waals surface area contributed by atoms with Crippen molar-refractivity contribution in [3.05, 3.63) is 60.7 Å². The molecule has 1 fully saturated rings. The largest absolute Gasteiger partial charge is 0.472 e. The molecule has 3 aromatic rings. The molecule has 1 aliphatic heterocycles. The van der Waals surface area contributed by atoms with Gasteiger partial charge in [0.1, 0.15) is 11.8 Å². The predicted octanol–water partition coefficient (Wildman–Crippen LogP) is 2.62. The minimum atomic E-state index is 0. The van der Waals surface area contributed by atoms with E-state index in [-0.39, 0.29) is 30.1 Å². The zero-order valence-corrected chi connectivity index (χ0v) is 18.2. The maximum atomic E-state index is 5.96. The maximum Gasteiger partial charge on any atom is 0.213 e. The molecule has 4 rings (SSSR count). The van der Waals surface area contributed by atoms with E-state index in [9.17, 15) is 0 Å². The summed E-state index contributed by atoms with van der Waals surface area (Å²) in [6, 6.07) is 11.8. The zero-order valence-electron chi connectivity index (χ0n) is 15.9. The summed E-state index contributed by atoms with van der Waals surface area (Å²) >= 11 is 0. The quantitative estimate of drug-likeness (QED) is 0.337. The van der Waals surface area contributed by atoms with Crippen LogP contribution in [0.2, 0.25) is 0 Å². The van der Waals surface area contributed by atoms with Crippen molar-refractivity contribution in [3.63, 3.8) is 0 Å². The Morgan fingerprint density at radius 1 is 1.29 bits per heavy atom. The minimum Gasteiger partial charge on any atom is -0.472 e. The molecule has 4 heterocycles. The number of hydrogen-bond acceptors (Lipinski definition) is 4. The van der Waals surface area contributed by atoms with Crippen molar-refractivity contribution in [1.29, 1.82) is 0 Å². The molecule has 1 saturated heterocycles. The van der Waals surface area contributed by atoms with Crippen molar-refractivity contribution < 1.29 is 4.74 Å². The van der Waals surface area contributed by atoms with Crippen molar-refractivity contribution in [2.24, 2.45) is 4.99 Å². The molecule has 8 heteroatoms. The van der Waals surface area contributed by atoms with Gasteiger partial charge in [-0.15, -0.1) is 24.0 Å². The highest BCUT2D eigenvalue weighted by Crippen LogP contribution is 2.16. The minimum absolute atomic E-state index is 0. The van der Waals surface area contributed by atoms with E-state index in [1.807, 2.05) is 54.0 Å². The second-order valence-electron chi connectivity index (χ2n) is 6.56. The normalized spacial score (nSPS) is 16.8. The number of nitrogens with one attached hydrogen (secondary N) is 1. The molecule has 7 nitrogen and oxygen atoms in total. The van der Waals surface area contributed by atoms with Crippen molar-refractivity contribution in [1.82, 2.24) is 24.6 Å². The van der Waals surface area contributed by atoms with Gasteiger partial charge in [0.25, 0.3) is 0 Å². The van der Waals surface area contributed by atoms with Gasteiger partial charge in [-0.1, -0.05) is 12.1 Å². The average molecular weight is 492 g/mol. The number of likely N-dealkylation sites (tertiary alicyclic amines) is 1. The third-order valence-electron chi connectivity index (χ3n) is 4.66. The van der Waals surface area contributed by atoms with Crippen LogP contribution in [0.1, 0.15) is 12.1 Å². The van der Waals surface area contributed by atoms with E-state index >= 15 is 0 Å². The van der Waals surface area contributed by atoms with Gasteiger partial charge in [-0.2, -0.15) is 0 Å². The number of aromatic nitrogens is 3. The van der Waals surface area contributed by atoms with E-state index in [0.29, 0.717) is 5.88 Å². The van der Waals surface area contributed by atoms with E-state index in [1.165, 1.54) is 0 Å². The Balaban J connectivity index is 0.00000225. The molecule has 1 N–H and O–H groups in total. The summed E-state index contributed by atoms with van der Waals surface area (Å²) in [7, 11) is 1.82. The Morgan fingerprint density at radius 3 is 2.96 bits per heavy atom. The van der Waals surface area contributed by atoms with E-state index in [4.69, 9.17) is 4.74 Å². The molecule has 0 spiro atoms. The van der Waals surface area contributed by atoms with Crippen LogP contribution in [0.3, 0.4) is 0 Å². The molecule has 28 heavy (non-hydrogen) atoms. The van der Waals surface area contributed by atoms with Crippen LogP contribution in [0.15, 0.2) is 60.0 Å². The summed E-state index contributed by atoms with van der Waals surface area (Å²) in [4.78, 5) is 15.5. The highest BCUT2D eigenvalue weighted by atomic mass is 127. The van der Waals surface area contributed by atoms with Crippen LogP contribution >= 0.6 is 24.0 Å². The molecular weight excluding hydrogens is 467 g/mol. The van der Waals surface area contributed by atoms with Crippen LogP contribution in [0.4, 0.5) is 0 Å². The van der Waals surface area contributed by atoms with Gasteiger partial charge in [-0.3, -0.25) is 4.99 Å². The molecule has 0 aliphatic carbocycles. The molecule has 1 aliphatic rings. The monoisotopic (exact) mass is 492 g/mol. The molecule has 148 valence electrons. The fourth-order valence-corrected chi connectivity index (χ4v) is 3.35. The maximum absolute atomic E-state index is 5.96. The molecular formula is C20H25IN6O. The van der Waals surface area contributed by atoms with Crippen LogP contribution in [0, 0.1) is 0 Å². The van der Waals surface area contributed by atoms with Crippen LogP contribution < -0.4 is 10.1 Å². The van der Waals surface area contributed by atoms with Crippen molar-refractivity contribution in [2.75, 3.05) is 26.7 Å². The first-order valence-corrected chi connectivity index (χ1v) is 9.28. The molecule has 0 saturated carbocycles. The second kappa shape index (κ2) is 9.72. The van der Waals surface area contributed by atoms with Gasteiger partial charge in [0.05, 0.1) is 12.2 Å². The predicted molar refractivity (Wildman–Crippen MR) is 121 cm³/mol. The van der Waals surface area contributed by atoms with Gasteiger partial charge in [0, 0.05) is 57.6 Å². The number of aliphatic imine (C=N–C) groups is 1. The number of fused-ring (bicyclic) bond motifs is 1. The Bertz CT molecular complexity index is 880. The zero-order chi connectivity index (χ0) is 18.5. The van der Waals surface area contributed by atoms with Gasteiger partial charge in [0.15, 0.2) is 5.96 Å². The summed E-state index contributed by atoms with van der Waals surface area (Å²) in [5.74, 6) is 1.59. The molecule has 1 unspecified atom stereocenters. The second-order valence-corrected chi connectivity index (χ2v) is 6.56. The number of hydrogen-bond donors (Lipinski definition) is 1. The lowest BCUT2D eigenvalue weighted by atomic mass is 10.3. The Kier molecular flexibility index (Phi) is 7.07. The fourth-order valence-electron chi connectivity index (χ4n) is 3.35. The van der Waals surface area contributed by atoms with Crippen molar-refractivity contribution in [3.8, 4) is 5.88 Å². The summed E-state index contributed by atoms with van der Waals surface area (Å²) < 4.78 is 8.01. The summed E-state index contributed by atoms with van der Waals surface area (Å²) in [6.45, 7) is 2.52. The Labute approximate surface area is 181 Å². The van der Waals surface area contributed by atoms with Crippen molar-refractivity contribution >= 4 is 35.6 Å². The number of imidazole rings is 1. The van der Waals surface area contributed by atoms with Gasteiger partial charge in [-0.25, -0.2) is 9.97 Å². The summed E-state index contributed by atoms with van der Waals surface area (Å²) in [6.07, 6.45) is 7.79. The summed E-state index contributed by atoms with van der Waals surface area (Å²) in [5, 5.41) is 3.44. The van der Waals surface area contributed by atoms with E-state index in [0.717, 1.165) is 49.8 Å². The lowest BCUT2D eigenvalue weighted by Crippen LogP contribution is -2.41. The first-order valence-electron chi connectivity index (χ1n) is 9.28. The van der Waals surface area contributed by atoms with Crippen LogP contribution in [0.5, 0.6) is 5.88 Å². The molecule has 3 aromatic heterocycles. The first-order chi connectivity index (χ1) is 13.3.